The number of carbonyl (C=O) groups is 1. The number of halogens is 1. The highest BCUT2D eigenvalue weighted by molar-refractivity contribution is 14.1. The van der Waals surface area contributed by atoms with Gasteiger partial charge >= 0.3 is 0 Å². The van der Waals surface area contributed by atoms with Crippen molar-refractivity contribution in [2.24, 2.45) is 5.10 Å². The second-order valence-corrected chi connectivity index (χ2v) is 6.75. The van der Waals surface area contributed by atoms with Crippen LogP contribution in [0.2, 0.25) is 0 Å². The third-order valence-corrected chi connectivity index (χ3v) is 4.44. The van der Waals surface area contributed by atoms with E-state index in [1.54, 1.807) is 6.21 Å². The lowest BCUT2D eigenvalue weighted by atomic mass is 10.1. The summed E-state index contributed by atoms with van der Waals surface area (Å²) in [6, 6.07) is 20.4. The summed E-state index contributed by atoms with van der Waals surface area (Å²) in [5, 5.41) is 6.30. The standard InChI is InChI=1S/C20H17IN2O2/c1-14(24)23-22-12-15-7-9-20(19(21)11-15)25-13-16-6-8-17-4-2-3-5-18(17)10-16/h2-12H,13H2,1H3,(H,23,24)/b22-12-. The van der Waals surface area contributed by atoms with E-state index in [0.717, 1.165) is 20.4 Å². The average Bonchev–Trinajstić information content (AvgIpc) is 2.60. The van der Waals surface area contributed by atoms with Gasteiger partial charge in [-0.1, -0.05) is 36.4 Å². The van der Waals surface area contributed by atoms with Crippen molar-refractivity contribution in [1.29, 1.82) is 0 Å². The molecular formula is C20H17IN2O2. The van der Waals surface area contributed by atoms with E-state index in [4.69, 9.17) is 4.74 Å². The van der Waals surface area contributed by atoms with Crippen LogP contribution in [0.1, 0.15) is 18.1 Å². The van der Waals surface area contributed by atoms with Crippen molar-refractivity contribution in [3.05, 3.63) is 75.4 Å². The quantitative estimate of drug-likeness (QED) is 0.358. The van der Waals surface area contributed by atoms with E-state index in [1.165, 1.54) is 17.7 Å². The molecule has 1 N–H and O–H groups in total. The fourth-order valence-corrected chi connectivity index (χ4v) is 3.10. The Bertz CT molecular complexity index is 938. The van der Waals surface area contributed by atoms with Crippen molar-refractivity contribution in [2.45, 2.75) is 13.5 Å². The van der Waals surface area contributed by atoms with Gasteiger partial charge < -0.3 is 4.74 Å². The minimum Gasteiger partial charge on any atom is -0.488 e. The summed E-state index contributed by atoms with van der Waals surface area (Å²) in [5.41, 5.74) is 4.42. The number of benzene rings is 3. The van der Waals surface area contributed by atoms with Crippen molar-refractivity contribution in [3.63, 3.8) is 0 Å². The molecule has 0 aliphatic rings. The maximum absolute atomic E-state index is 10.8. The maximum atomic E-state index is 10.8. The number of nitrogens with zero attached hydrogens (tertiary/aromatic N) is 1. The smallest absolute Gasteiger partial charge is 0.236 e. The van der Waals surface area contributed by atoms with E-state index >= 15 is 0 Å². The molecule has 0 heterocycles. The van der Waals surface area contributed by atoms with Crippen LogP contribution in [-0.4, -0.2) is 12.1 Å². The van der Waals surface area contributed by atoms with Gasteiger partial charge in [0.25, 0.3) is 0 Å². The van der Waals surface area contributed by atoms with Gasteiger partial charge in [-0.05, 0) is 68.8 Å². The van der Waals surface area contributed by atoms with Gasteiger partial charge in [0.1, 0.15) is 12.4 Å². The molecule has 4 nitrogen and oxygen atoms in total. The van der Waals surface area contributed by atoms with Crippen LogP contribution in [0.25, 0.3) is 10.8 Å². The van der Waals surface area contributed by atoms with Crippen molar-refractivity contribution in [1.82, 2.24) is 5.43 Å². The van der Waals surface area contributed by atoms with Crippen LogP contribution in [0, 0.1) is 3.57 Å². The van der Waals surface area contributed by atoms with Gasteiger partial charge in [-0.3, -0.25) is 4.79 Å². The van der Waals surface area contributed by atoms with Crippen molar-refractivity contribution >= 4 is 45.5 Å². The van der Waals surface area contributed by atoms with Gasteiger partial charge in [-0.15, -0.1) is 0 Å². The molecule has 0 saturated heterocycles. The van der Waals surface area contributed by atoms with E-state index in [0.29, 0.717) is 6.61 Å². The minimum absolute atomic E-state index is 0.193. The topological polar surface area (TPSA) is 50.7 Å². The van der Waals surface area contributed by atoms with Crippen molar-refractivity contribution in [2.75, 3.05) is 0 Å². The van der Waals surface area contributed by atoms with Gasteiger partial charge in [-0.2, -0.15) is 5.10 Å². The molecule has 0 bridgehead atoms. The first-order valence-corrected chi connectivity index (χ1v) is 8.89. The molecule has 0 fully saturated rings. The first-order chi connectivity index (χ1) is 12.1. The molecule has 126 valence electrons. The first kappa shape index (κ1) is 17.4. The third-order valence-electron chi connectivity index (χ3n) is 3.60. The van der Waals surface area contributed by atoms with Crippen LogP contribution in [0.4, 0.5) is 0 Å². The van der Waals surface area contributed by atoms with E-state index in [9.17, 15) is 4.79 Å². The Balaban J connectivity index is 1.67. The SMILES string of the molecule is CC(=O)N/N=C\c1ccc(OCc2ccc3ccccc3c2)c(I)c1. The van der Waals surface area contributed by atoms with Gasteiger partial charge in [0.2, 0.25) is 5.91 Å². The Kier molecular flexibility index (Phi) is 5.65. The van der Waals surface area contributed by atoms with Gasteiger partial charge in [0, 0.05) is 6.92 Å². The number of nitrogens with one attached hydrogen (secondary N) is 1. The highest BCUT2D eigenvalue weighted by atomic mass is 127. The molecule has 3 rings (SSSR count). The Labute approximate surface area is 160 Å². The molecule has 1 amide bonds. The highest BCUT2D eigenvalue weighted by Gasteiger charge is 2.03. The molecule has 0 aliphatic carbocycles. The Morgan fingerprint density at radius 1 is 1.12 bits per heavy atom. The average molecular weight is 444 g/mol. The second-order valence-electron chi connectivity index (χ2n) is 5.59. The Hall–Kier alpha value is -2.41. The van der Waals surface area contributed by atoms with E-state index in [-0.39, 0.29) is 5.91 Å². The van der Waals surface area contributed by atoms with Crippen molar-refractivity contribution in [3.8, 4) is 5.75 Å². The third kappa shape index (κ3) is 4.79. The van der Waals surface area contributed by atoms with E-state index in [1.807, 2.05) is 30.3 Å². The minimum atomic E-state index is -0.193. The number of hydrazone groups is 1. The molecule has 0 spiro atoms. The number of rotatable bonds is 5. The number of amides is 1. The number of hydrogen-bond donors (Lipinski definition) is 1. The molecule has 3 aromatic carbocycles. The molecule has 5 heteroatoms. The second kappa shape index (κ2) is 8.11. The molecule has 0 saturated carbocycles. The number of hydrogen-bond acceptors (Lipinski definition) is 3. The summed E-state index contributed by atoms with van der Waals surface area (Å²) < 4.78 is 6.94. The van der Waals surface area contributed by atoms with Gasteiger partial charge in [0.05, 0.1) is 9.78 Å². The molecule has 0 aliphatic heterocycles. The zero-order valence-corrected chi connectivity index (χ0v) is 15.9. The first-order valence-electron chi connectivity index (χ1n) is 7.81. The number of ether oxygens (including phenoxy) is 1. The Morgan fingerprint density at radius 2 is 1.92 bits per heavy atom. The highest BCUT2D eigenvalue weighted by Crippen LogP contribution is 2.23. The van der Waals surface area contributed by atoms with Crippen LogP contribution in [0.3, 0.4) is 0 Å². The maximum Gasteiger partial charge on any atom is 0.236 e. The van der Waals surface area contributed by atoms with E-state index < -0.39 is 0 Å². The van der Waals surface area contributed by atoms with E-state index in [2.05, 4.69) is 63.4 Å². The summed E-state index contributed by atoms with van der Waals surface area (Å²) in [6.45, 7) is 1.94. The molecule has 0 atom stereocenters. The summed E-state index contributed by atoms with van der Waals surface area (Å²) in [7, 11) is 0. The molecule has 3 aromatic rings. The molecule has 25 heavy (non-hydrogen) atoms. The zero-order valence-electron chi connectivity index (χ0n) is 13.7. The fraction of sp³-hybridized carbons (Fsp3) is 0.100. The largest absolute Gasteiger partial charge is 0.488 e. The lowest BCUT2D eigenvalue weighted by molar-refractivity contribution is -0.118. The number of fused-ring (bicyclic) bond motifs is 1. The predicted molar refractivity (Wildman–Crippen MR) is 109 cm³/mol. The van der Waals surface area contributed by atoms with Gasteiger partial charge in [0.15, 0.2) is 0 Å². The van der Waals surface area contributed by atoms with Crippen LogP contribution >= 0.6 is 22.6 Å². The van der Waals surface area contributed by atoms with Crippen LogP contribution in [0.15, 0.2) is 65.8 Å². The zero-order chi connectivity index (χ0) is 17.6. The Morgan fingerprint density at radius 3 is 2.68 bits per heavy atom. The van der Waals surface area contributed by atoms with Crippen LogP contribution < -0.4 is 10.2 Å². The lowest BCUT2D eigenvalue weighted by Crippen LogP contribution is -2.12. The lowest BCUT2D eigenvalue weighted by Gasteiger charge is -2.09. The predicted octanol–water partition coefficient (Wildman–Crippen LogP) is 4.49. The van der Waals surface area contributed by atoms with Crippen LogP contribution in [-0.2, 0) is 11.4 Å². The molecule has 0 aromatic heterocycles. The summed E-state index contributed by atoms with van der Waals surface area (Å²) in [6.07, 6.45) is 1.61. The molecule has 0 radical (unpaired) electrons. The van der Waals surface area contributed by atoms with Crippen molar-refractivity contribution < 1.29 is 9.53 Å². The van der Waals surface area contributed by atoms with Gasteiger partial charge in [-0.25, -0.2) is 5.43 Å². The fourth-order valence-electron chi connectivity index (χ4n) is 2.40. The molecular weight excluding hydrogens is 427 g/mol. The number of carbonyl (C=O) groups excluding carboxylic acids is 1. The monoisotopic (exact) mass is 444 g/mol. The molecule has 0 unspecified atom stereocenters. The summed E-state index contributed by atoms with van der Waals surface area (Å²) >= 11 is 2.23. The summed E-state index contributed by atoms with van der Waals surface area (Å²) in [4.78, 5) is 10.8. The normalized spacial score (nSPS) is 11.0. The van der Waals surface area contributed by atoms with Crippen LogP contribution in [0.5, 0.6) is 5.75 Å². The summed E-state index contributed by atoms with van der Waals surface area (Å²) in [5.74, 6) is 0.631.